The molecule has 10 heavy (non-hydrogen) atoms. The Balaban J connectivity index is 2.95. The second-order valence-corrected chi connectivity index (χ2v) is 1.91. The fraction of sp³-hybridized carbons (Fsp3) is 0.143. The number of nitrogens with one attached hydrogen (secondary N) is 1. The summed E-state index contributed by atoms with van der Waals surface area (Å²) in [5, 5.41) is 0. The number of nitrogens with zero attached hydrogens (tertiary/aromatic N) is 1. The van der Waals surface area contributed by atoms with Gasteiger partial charge in [0.1, 0.15) is 0 Å². The van der Waals surface area contributed by atoms with Crippen molar-refractivity contribution in [3.63, 3.8) is 0 Å². The molecule has 0 aliphatic carbocycles. The predicted octanol–water partition coefficient (Wildman–Crippen LogP) is 0.498. The van der Waals surface area contributed by atoms with Gasteiger partial charge in [-0.2, -0.15) is 0 Å². The molecule has 1 aromatic heterocycles. The van der Waals surface area contributed by atoms with E-state index in [1.807, 2.05) is 0 Å². The molecule has 3 heteroatoms. The lowest BCUT2D eigenvalue weighted by Gasteiger charge is -1.91. The van der Waals surface area contributed by atoms with E-state index in [0.717, 1.165) is 5.69 Å². The standard InChI is InChI=1S/C7H8N2O/c1-2-3-6-4-8-5-7(10)9-6/h2,4-5H,1,3H2,(H,9,10). The molecule has 0 saturated heterocycles. The van der Waals surface area contributed by atoms with Gasteiger partial charge in [-0.3, -0.25) is 9.78 Å². The van der Waals surface area contributed by atoms with Crippen LogP contribution in [-0.4, -0.2) is 9.97 Å². The van der Waals surface area contributed by atoms with Crippen molar-refractivity contribution >= 4 is 0 Å². The summed E-state index contributed by atoms with van der Waals surface area (Å²) in [6.45, 7) is 3.54. The SMILES string of the molecule is C=CCc1cncc(=O)[nH]1. The van der Waals surface area contributed by atoms with Crippen LogP contribution in [0.2, 0.25) is 0 Å². The molecule has 0 saturated carbocycles. The smallest absolute Gasteiger partial charge is 0.266 e. The molecule has 1 rings (SSSR count). The molecule has 0 fully saturated rings. The summed E-state index contributed by atoms with van der Waals surface area (Å²) in [5.74, 6) is 0. The lowest BCUT2D eigenvalue weighted by molar-refractivity contribution is 1.02. The van der Waals surface area contributed by atoms with E-state index in [4.69, 9.17) is 0 Å². The van der Waals surface area contributed by atoms with Gasteiger partial charge in [0, 0.05) is 18.3 Å². The third-order valence-corrected chi connectivity index (χ3v) is 1.07. The number of allylic oxidation sites excluding steroid dienone is 1. The molecule has 0 radical (unpaired) electrons. The topological polar surface area (TPSA) is 45.8 Å². The fourth-order valence-electron chi connectivity index (χ4n) is 0.677. The lowest BCUT2D eigenvalue weighted by Crippen LogP contribution is -2.07. The van der Waals surface area contributed by atoms with E-state index >= 15 is 0 Å². The molecule has 1 aromatic rings. The number of H-pyrrole nitrogens is 1. The Morgan fingerprint density at radius 3 is 3.10 bits per heavy atom. The highest BCUT2D eigenvalue weighted by Crippen LogP contribution is 1.87. The highest BCUT2D eigenvalue weighted by atomic mass is 16.1. The Bertz CT molecular complexity index is 277. The van der Waals surface area contributed by atoms with Crippen LogP contribution in [0.25, 0.3) is 0 Å². The monoisotopic (exact) mass is 136 g/mol. The third kappa shape index (κ3) is 1.55. The minimum absolute atomic E-state index is 0.167. The molecule has 0 amide bonds. The van der Waals surface area contributed by atoms with Gasteiger partial charge in [-0.15, -0.1) is 6.58 Å². The summed E-state index contributed by atoms with van der Waals surface area (Å²) < 4.78 is 0. The maximum atomic E-state index is 10.6. The zero-order chi connectivity index (χ0) is 7.40. The Labute approximate surface area is 58.4 Å². The maximum absolute atomic E-state index is 10.6. The summed E-state index contributed by atoms with van der Waals surface area (Å²) in [6, 6.07) is 0. The Morgan fingerprint density at radius 1 is 1.70 bits per heavy atom. The Kier molecular flexibility index (Phi) is 1.99. The molecule has 0 aromatic carbocycles. The molecule has 0 spiro atoms. The lowest BCUT2D eigenvalue weighted by atomic mass is 10.3. The first-order valence-corrected chi connectivity index (χ1v) is 2.97. The highest BCUT2D eigenvalue weighted by molar-refractivity contribution is 4.99. The Morgan fingerprint density at radius 2 is 2.50 bits per heavy atom. The molecule has 0 aliphatic rings. The third-order valence-electron chi connectivity index (χ3n) is 1.07. The maximum Gasteiger partial charge on any atom is 0.266 e. The van der Waals surface area contributed by atoms with Crippen LogP contribution in [0.5, 0.6) is 0 Å². The largest absolute Gasteiger partial charge is 0.323 e. The predicted molar refractivity (Wildman–Crippen MR) is 38.8 cm³/mol. The first-order valence-electron chi connectivity index (χ1n) is 2.97. The van der Waals surface area contributed by atoms with E-state index in [0.29, 0.717) is 6.42 Å². The summed E-state index contributed by atoms with van der Waals surface area (Å²) in [6.07, 6.45) is 5.23. The van der Waals surface area contributed by atoms with E-state index < -0.39 is 0 Å². The minimum atomic E-state index is -0.167. The van der Waals surface area contributed by atoms with Crippen molar-refractivity contribution in [1.82, 2.24) is 9.97 Å². The van der Waals surface area contributed by atoms with E-state index in [1.54, 1.807) is 12.3 Å². The van der Waals surface area contributed by atoms with Gasteiger partial charge in [0.2, 0.25) is 0 Å². The van der Waals surface area contributed by atoms with E-state index in [9.17, 15) is 4.79 Å². The summed E-state index contributed by atoms with van der Waals surface area (Å²) in [5.41, 5.74) is 0.627. The van der Waals surface area contributed by atoms with Crippen LogP contribution in [0.3, 0.4) is 0 Å². The van der Waals surface area contributed by atoms with Crippen LogP contribution in [0, 0.1) is 0 Å². The first kappa shape index (κ1) is 6.74. The van der Waals surface area contributed by atoms with Crippen LogP contribution in [0.1, 0.15) is 5.69 Å². The second kappa shape index (κ2) is 2.96. The summed E-state index contributed by atoms with van der Waals surface area (Å²) in [4.78, 5) is 16.9. The fourth-order valence-corrected chi connectivity index (χ4v) is 0.677. The van der Waals surface area contributed by atoms with E-state index in [1.165, 1.54) is 6.20 Å². The summed E-state index contributed by atoms with van der Waals surface area (Å²) in [7, 11) is 0. The molecule has 1 N–H and O–H groups in total. The first-order chi connectivity index (χ1) is 4.83. The van der Waals surface area contributed by atoms with Crippen molar-refractivity contribution in [2.75, 3.05) is 0 Å². The van der Waals surface area contributed by atoms with Crippen molar-refractivity contribution in [2.24, 2.45) is 0 Å². The molecule has 0 aliphatic heterocycles. The van der Waals surface area contributed by atoms with Gasteiger partial charge in [0.15, 0.2) is 0 Å². The number of aromatic nitrogens is 2. The molecule has 0 atom stereocenters. The number of hydrogen-bond acceptors (Lipinski definition) is 2. The highest BCUT2D eigenvalue weighted by Gasteiger charge is 1.87. The van der Waals surface area contributed by atoms with E-state index in [2.05, 4.69) is 16.5 Å². The number of rotatable bonds is 2. The van der Waals surface area contributed by atoms with E-state index in [-0.39, 0.29) is 5.56 Å². The van der Waals surface area contributed by atoms with Gasteiger partial charge in [0.25, 0.3) is 5.56 Å². The van der Waals surface area contributed by atoms with Crippen molar-refractivity contribution in [3.8, 4) is 0 Å². The van der Waals surface area contributed by atoms with Gasteiger partial charge in [0.05, 0.1) is 6.20 Å². The van der Waals surface area contributed by atoms with Gasteiger partial charge >= 0.3 is 0 Å². The van der Waals surface area contributed by atoms with Crippen molar-refractivity contribution in [1.29, 1.82) is 0 Å². The van der Waals surface area contributed by atoms with Crippen molar-refractivity contribution in [2.45, 2.75) is 6.42 Å². The average Bonchev–Trinajstić information content (AvgIpc) is 1.88. The number of hydrogen-bond donors (Lipinski definition) is 1. The molecular formula is C7H8N2O. The molecule has 1 heterocycles. The minimum Gasteiger partial charge on any atom is -0.323 e. The Hall–Kier alpha value is -1.38. The van der Waals surface area contributed by atoms with Crippen LogP contribution < -0.4 is 5.56 Å². The zero-order valence-corrected chi connectivity index (χ0v) is 5.50. The molecule has 0 bridgehead atoms. The van der Waals surface area contributed by atoms with Crippen LogP contribution in [0.15, 0.2) is 29.8 Å². The van der Waals surface area contributed by atoms with Crippen molar-refractivity contribution in [3.05, 3.63) is 41.1 Å². The van der Waals surface area contributed by atoms with Gasteiger partial charge in [-0.05, 0) is 0 Å². The molecule has 3 nitrogen and oxygen atoms in total. The van der Waals surface area contributed by atoms with Crippen LogP contribution in [0.4, 0.5) is 0 Å². The molecule has 52 valence electrons. The summed E-state index contributed by atoms with van der Waals surface area (Å²) >= 11 is 0. The quantitative estimate of drug-likeness (QED) is 0.602. The second-order valence-electron chi connectivity index (χ2n) is 1.91. The normalized spacial score (nSPS) is 9.20. The van der Waals surface area contributed by atoms with Crippen LogP contribution >= 0.6 is 0 Å². The van der Waals surface area contributed by atoms with Crippen LogP contribution in [-0.2, 0) is 6.42 Å². The molecule has 0 unspecified atom stereocenters. The van der Waals surface area contributed by atoms with Crippen molar-refractivity contribution < 1.29 is 0 Å². The number of aromatic amines is 1. The average molecular weight is 136 g/mol. The zero-order valence-electron chi connectivity index (χ0n) is 5.50. The molecular weight excluding hydrogens is 128 g/mol. The van der Waals surface area contributed by atoms with Gasteiger partial charge in [-0.25, -0.2) is 0 Å². The van der Waals surface area contributed by atoms with Gasteiger partial charge in [-0.1, -0.05) is 6.08 Å². The van der Waals surface area contributed by atoms with Gasteiger partial charge < -0.3 is 4.98 Å².